The van der Waals surface area contributed by atoms with Crippen molar-refractivity contribution in [2.45, 2.75) is 31.7 Å². The maximum Gasteiger partial charge on any atom is 0.306 e. The molecule has 21 heavy (non-hydrogen) atoms. The molecule has 7 nitrogen and oxygen atoms in total. The van der Waals surface area contributed by atoms with E-state index < -0.39 is 10.9 Å². The maximum absolute atomic E-state index is 12.1. The highest BCUT2D eigenvalue weighted by molar-refractivity contribution is 5.95. The Morgan fingerprint density at radius 1 is 1.24 bits per heavy atom. The van der Waals surface area contributed by atoms with Gasteiger partial charge in [-0.3, -0.25) is 19.7 Å². The Hall–Kier alpha value is -2.44. The Bertz CT molecular complexity index is 564. The molecule has 0 heterocycles. The molecule has 1 fully saturated rings. The molecule has 0 bridgehead atoms. The fourth-order valence-corrected chi connectivity index (χ4v) is 2.51. The first-order valence-electron chi connectivity index (χ1n) is 6.75. The summed E-state index contributed by atoms with van der Waals surface area (Å²) in [5, 5.41) is 22.4. The minimum absolute atomic E-state index is 0.0765. The molecule has 0 aliphatic heterocycles. The van der Waals surface area contributed by atoms with Gasteiger partial charge in [0.25, 0.3) is 11.6 Å². The molecule has 2 rings (SSSR count). The topological polar surface area (TPSA) is 110 Å². The van der Waals surface area contributed by atoms with Crippen molar-refractivity contribution in [2.75, 3.05) is 0 Å². The average molecular weight is 292 g/mol. The molecular weight excluding hydrogens is 276 g/mol. The Balaban J connectivity index is 1.95. The number of aliphatic carboxylic acids is 1. The third-order valence-corrected chi connectivity index (χ3v) is 3.73. The van der Waals surface area contributed by atoms with Crippen LogP contribution in [0.3, 0.4) is 0 Å². The molecule has 7 heteroatoms. The second-order valence-corrected chi connectivity index (χ2v) is 5.17. The number of nitro groups is 1. The van der Waals surface area contributed by atoms with Gasteiger partial charge in [0, 0.05) is 23.7 Å². The highest BCUT2D eigenvalue weighted by Crippen LogP contribution is 2.24. The van der Waals surface area contributed by atoms with Crippen molar-refractivity contribution >= 4 is 17.6 Å². The van der Waals surface area contributed by atoms with Gasteiger partial charge in [0.05, 0.1) is 10.8 Å². The summed E-state index contributed by atoms with van der Waals surface area (Å²) >= 11 is 0. The number of amides is 1. The van der Waals surface area contributed by atoms with Crippen molar-refractivity contribution in [3.8, 4) is 0 Å². The van der Waals surface area contributed by atoms with E-state index in [-0.39, 0.29) is 29.1 Å². The predicted molar refractivity (Wildman–Crippen MR) is 73.9 cm³/mol. The number of hydrogen-bond acceptors (Lipinski definition) is 4. The molecule has 1 saturated carbocycles. The number of carbonyl (C=O) groups is 2. The third-order valence-electron chi connectivity index (χ3n) is 3.73. The zero-order valence-corrected chi connectivity index (χ0v) is 11.3. The average Bonchev–Trinajstić information content (AvgIpc) is 2.48. The van der Waals surface area contributed by atoms with Crippen molar-refractivity contribution < 1.29 is 19.6 Å². The number of benzene rings is 1. The number of nitrogens with zero attached hydrogens (tertiary/aromatic N) is 1. The van der Waals surface area contributed by atoms with Crippen LogP contribution < -0.4 is 5.32 Å². The summed E-state index contributed by atoms with van der Waals surface area (Å²) < 4.78 is 0. The van der Waals surface area contributed by atoms with Gasteiger partial charge in [0.2, 0.25) is 0 Å². The standard InChI is InChI=1S/C14H16N2O5/c17-13(10-2-1-3-12(8-10)16(20)21)15-11-6-4-9(5-7-11)14(18)19/h1-3,8-9,11H,4-7H2,(H,15,17)(H,18,19). The number of hydrogen-bond donors (Lipinski definition) is 2. The minimum atomic E-state index is -0.793. The zero-order valence-electron chi connectivity index (χ0n) is 11.3. The van der Waals surface area contributed by atoms with Crippen LogP contribution in [-0.2, 0) is 4.79 Å². The third kappa shape index (κ3) is 3.77. The molecule has 2 N–H and O–H groups in total. The normalized spacial score (nSPS) is 21.5. The predicted octanol–water partition coefficient (Wildman–Crippen LogP) is 1.97. The molecule has 0 saturated heterocycles. The largest absolute Gasteiger partial charge is 0.481 e. The summed E-state index contributed by atoms with van der Waals surface area (Å²) in [6.07, 6.45) is 2.29. The van der Waals surface area contributed by atoms with Crippen LogP contribution >= 0.6 is 0 Å². The molecule has 1 aliphatic rings. The molecule has 1 amide bonds. The van der Waals surface area contributed by atoms with E-state index in [1.165, 1.54) is 24.3 Å². The fraction of sp³-hybridized carbons (Fsp3) is 0.429. The van der Waals surface area contributed by atoms with E-state index in [0.29, 0.717) is 25.7 Å². The van der Waals surface area contributed by atoms with Crippen LogP contribution in [0.2, 0.25) is 0 Å². The first-order chi connectivity index (χ1) is 9.97. The molecule has 1 aromatic rings. The van der Waals surface area contributed by atoms with Gasteiger partial charge in [-0.1, -0.05) is 6.07 Å². The van der Waals surface area contributed by atoms with E-state index in [1.807, 2.05) is 0 Å². The molecule has 0 atom stereocenters. The van der Waals surface area contributed by atoms with Gasteiger partial charge < -0.3 is 10.4 Å². The summed E-state index contributed by atoms with van der Waals surface area (Å²) in [6, 6.07) is 5.47. The van der Waals surface area contributed by atoms with E-state index in [9.17, 15) is 19.7 Å². The van der Waals surface area contributed by atoms with Crippen LogP contribution in [0.1, 0.15) is 36.0 Å². The van der Waals surface area contributed by atoms with Crippen molar-refractivity contribution in [1.29, 1.82) is 0 Å². The number of carboxylic acid groups (broad SMARTS) is 1. The molecular formula is C14H16N2O5. The first-order valence-corrected chi connectivity index (χ1v) is 6.75. The highest BCUT2D eigenvalue weighted by atomic mass is 16.6. The lowest BCUT2D eigenvalue weighted by atomic mass is 9.86. The summed E-state index contributed by atoms with van der Waals surface area (Å²) in [6.45, 7) is 0. The smallest absolute Gasteiger partial charge is 0.306 e. The lowest BCUT2D eigenvalue weighted by Gasteiger charge is -2.26. The van der Waals surface area contributed by atoms with Crippen LogP contribution in [0, 0.1) is 16.0 Å². The van der Waals surface area contributed by atoms with Gasteiger partial charge in [-0.25, -0.2) is 0 Å². The lowest BCUT2D eigenvalue weighted by molar-refractivity contribution is -0.384. The van der Waals surface area contributed by atoms with Crippen molar-refractivity contribution in [1.82, 2.24) is 5.32 Å². The monoisotopic (exact) mass is 292 g/mol. The molecule has 1 aromatic carbocycles. The van der Waals surface area contributed by atoms with Gasteiger partial charge >= 0.3 is 5.97 Å². The van der Waals surface area contributed by atoms with E-state index in [1.54, 1.807) is 0 Å². The number of nitrogens with one attached hydrogen (secondary N) is 1. The van der Waals surface area contributed by atoms with Crippen LogP contribution in [-0.4, -0.2) is 27.9 Å². The Morgan fingerprint density at radius 3 is 2.48 bits per heavy atom. The first kappa shape index (κ1) is 15.0. The van der Waals surface area contributed by atoms with E-state index in [0.717, 1.165) is 0 Å². The summed E-state index contributed by atoms with van der Waals surface area (Å²) in [5.41, 5.74) is 0.113. The van der Waals surface area contributed by atoms with Crippen LogP contribution in [0.25, 0.3) is 0 Å². The van der Waals surface area contributed by atoms with Crippen molar-refractivity contribution in [2.24, 2.45) is 5.92 Å². The van der Waals surface area contributed by atoms with E-state index in [2.05, 4.69) is 5.32 Å². The van der Waals surface area contributed by atoms with Gasteiger partial charge in [-0.2, -0.15) is 0 Å². The molecule has 0 spiro atoms. The van der Waals surface area contributed by atoms with Gasteiger partial charge in [-0.05, 0) is 31.7 Å². The van der Waals surface area contributed by atoms with Crippen molar-refractivity contribution in [3.05, 3.63) is 39.9 Å². The highest BCUT2D eigenvalue weighted by Gasteiger charge is 2.27. The Labute approximate surface area is 121 Å². The minimum Gasteiger partial charge on any atom is -0.481 e. The Morgan fingerprint density at radius 2 is 1.90 bits per heavy atom. The van der Waals surface area contributed by atoms with Crippen molar-refractivity contribution in [3.63, 3.8) is 0 Å². The number of rotatable bonds is 4. The van der Waals surface area contributed by atoms with Crippen LogP contribution in [0.5, 0.6) is 0 Å². The summed E-state index contributed by atoms with van der Waals surface area (Å²) in [4.78, 5) is 33.0. The number of non-ortho nitro benzene ring substituents is 1. The number of carbonyl (C=O) groups excluding carboxylic acids is 1. The quantitative estimate of drug-likeness (QED) is 0.651. The summed E-state index contributed by atoms with van der Waals surface area (Å²) in [7, 11) is 0. The Kier molecular flexibility index (Phi) is 4.52. The molecule has 0 aromatic heterocycles. The second-order valence-electron chi connectivity index (χ2n) is 5.17. The molecule has 0 unspecified atom stereocenters. The van der Waals surface area contributed by atoms with Crippen LogP contribution in [0.4, 0.5) is 5.69 Å². The number of nitro benzene ring substituents is 1. The van der Waals surface area contributed by atoms with Gasteiger partial charge in [-0.15, -0.1) is 0 Å². The van der Waals surface area contributed by atoms with Crippen LogP contribution in [0.15, 0.2) is 24.3 Å². The second kappa shape index (κ2) is 6.34. The van der Waals surface area contributed by atoms with E-state index in [4.69, 9.17) is 5.11 Å². The SMILES string of the molecule is O=C(NC1CCC(C(=O)O)CC1)c1cccc([N+](=O)[O-])c1. The molecule has 0 radical (unpaired) electrons. The number of carboxylic acids is 1. The maximum atomic E-state index is 12.1. The fourth-order valence-electron chi connectivity index (χ4n) is 2.51. The summed E-state index contributed by atoms with van der Waals surface area (Å²) in [5.74, 6) is -1.49. The van der Waals surface area contributed by atoms with Gasteiger partial charge in [0.15, 0.2) is 0 Å². The molecule has 1 aliphatic carbocycles. The molecule has 112 valence electrons. The van der Waals surface area contributed by atoms with E-state index >= 15 is 0 Å². The van der Waals surface area contributed by atoms with Gasteiger partial charge in [0.1, 0.15) is 0 Å². The lowest BCUT2D eigenvalue weighted by Crippen LogP contribution is -2.38. The zero-order chi connectivity index (χ0) is 15.4.